The van der Waals surface area contributed by atoms with Gasteiger partial charge in [-0.25, -0.2) is 8.42 Å². The van der Waals surface area contributed by atoms with Crippen LogP contribution in [0.3, 0.4) is 0 Å². The van der Waals surface area contributed by atoms with E-state index in [1.807, 2.05) is 18.2 Å². The maximum absolute atomic E-state index is 12.2. The van der Waals surface area contributed by atoms with Crippen molar-refractivity contribution in [3.05, 3.63) is 46.0 Å². The van der Waals surface area contributed by atoms with Crippen molar-refractivity contribution in [2.75, 3.05) is 0 Å². The molecule has 0 N–H and O–H groups in total. The van der Waals surface area contributed by atoms with Crippen molar-refractivity contribution in [2.45, 2.75) is 9.79 Å². The van der Waals surface area contributed by atoms with Crippen LogP contribution in [-0.4, -0.2) is 8.42 Å². The molecule has 0 saturated carbocycles. The van der Waals surface area contributed by atoms with E-state index in [1.165, 1.54) is 0 Å². The summed E-state index contributed by atoms with van der Waals surface area (Å²) < 4.78 is 25.4. The lowest BCUT2D eigenvalue weighted by Crippen LogP contribution is -1.96. The summed E-state index contributed by atoms with van der Waals surface area (Å²) >= 11 is 2.18. The normalized spacial score (nSPS) is 15.6. The van der Waals surface area contributed by atoms with E-state index < -0.39 is 9.84 Å². The molecule has 2 aromatic rings. The zero-order valence-electron chi connectivity index (χ0n) is 8.14. The van der Waals surface area contributed by atoms with Crippen molar-refractivity contribution >= 4 is 32.4 Å². The SMILES string of the molecule is O=S1(=O)c2ccccc2-c2c(I)cccc21. The first-order chi connectivity index (χ1) is 7.62. The third kappa shape index (κ3) is 1.20. The highest BCUT2D eigenvalue weighted by atomic mass is 127. The van der Waals surface area contributed by atoms with E-state index in [0.717, 1.165) is 14.7 Å². The molecule has 80 valence electrons. The lowest BCUT2D eigenvalue weighted by Gasteiger charge is -2.00. The lowest BCUT2D eigenvalue weighted by molar-refractivity contribution is 0.598. The van der Waals surface area contributed by atoms with Gasteiger partial charge in [-0.2, -0.15) is 0 Å². The molecule has 4 heteroatoms. The summed E-state index contributed by atoms with van der Waals surface area (Å²) in [6, 6.07) is 12.5. The smallest absolute Gasteiger partial charge is 0.207 e. The largest absolute Gasteiger partial charge is 0.218 e. The number of rotatable bonds is 0. The number of hydrogen-bond donors (Lipinski definition) is 0. The molecular formula is C12H7IO2S. The van der Waals surface area contributed by atoms with Gasteiger partial charge in [-0.3, -0.25) is 0 Å². The monoisotopic (exact) mass is 342 g/mol. The fourth-order valence-corrected chi connectivity index (χ4v) is 4.69. The van der Waals surface area contributed by atoms with E-state index in [9.17, 15) is 8.42 Å². The topological polar surface area (TPSA) is 34.1 Å². The predicted octanol–water partition coefficient (Wildman–Crippen LogP) is 3.10. The van der Waals surface area contributed by atoms with Gasteiger partial charge in [0, 0.05) is 14.7 Å². The molecule has 0 aromatic heterocycles. The molecule has 0 aliphatic carbocycles. The molecule has 0 radical (unpaired) electrons. The third-order valence-corrected chi connectivity index (χ3v) is 5.46. The summed E-state index contributed by atoms with van der Waals surface area (Å²) in [5.74, 6) is 0. The third-order valence-electron chi connectivity index (χ3n) is 2.71. The summed E-state index contributed by atoms with van der Waals surface area (Å²) in [7, 11) is -3.29. The second-order valence-corrected chi connectivity index (χ2v) is 6.66. The van der Waals surface area contributed by atoms with Crippen molar-refractivity contribution in [2.24, 2.45) is 0 Å². The first-order valence-corrected chi connectivity index (χ1v) is 7.31. The maximum atomic E-state index is 12.2. The Hall–Kier alpha value is -0.880. The summed E-state index contributed by atoms with van der Waals surface area (Å²) in [6.07, 6.45) is 0. The molecule has 1 aliphatic rings. The lowest BCUT2D eigenvalue weighted by atomic mass is 10.1. The standard InChI is InChI=1S/C12H7IO2S/c13-9-5-3-7-11-12(9)8-4-1-2-6-10(8)16(11,14)15/h1-7H. The summed E-state index contributed by atoms with van der Waals surface area (Å²) in [5, 5.41) is 0. The average Bonchev–Trinajstić information content (AvgIpc) is 2.51. The second kappa shape index (κ2) is 3.30. The number of fused-ring (bicyclic) bond motifs is 3. The van der Waals surface area contributed by atoms with Gasteiger partial charge in [0.1, 0.15) is 0 Å². The van der Waals surface area contributed by atoms with Crippen LogP contribution >= 0.6 is 22.6 Å². The van der Waals surface area contributed by atoms with Crippen LogP contribution in [0, 0.1) is 3.57 Å². The van der Waals surface area contributed by atoms with Crippen molar-refractivity contribution in [3.63, 3.8) is 0 Å². The van der Waals surface area contributed by atoms with Crippen LogP contribution in [0.2, 0.25) is 0 Å². The van der Waals surface area contributed by atoms with Crippen LogP contribution in [0.4, 0.5) is 0 Å². The highest BCUT2D eigenvalue weighted by molar-refractivity contribution is 14.1. The highest BCUT2D eigenvalue weighted by Gasteiger charge is 2.33. The molecule has 0 amide bonds. The van der Waals surface area contributed by atoms with E-state index >= 15 is 0 Å². The van der Waals surface area contributed by atoms with E-state index in [2.05, 4.69) is 22.6 Å². The Kier molecular flexibility index (Phi) is 2.12. The van der Waals surface area contributed by atoms with Crippen LogP contribution in [0.5, 0.6) is 0 Å². The molecule has 0 spiro atoms. The Balaban J connectivity index is 2.56. The second-order valence-electron chi connectivity index (χ2n) is 3.61. The van der Waals surface area contributed by atoms with Gasteiger partial charge >= 0.3 is 0 Å². The molecule has 3 rings (SSSR count). The number of hydrogen-bond acceptors (Lipinski definition) is 2. The van der Waals surface area contributed by atoms with Gasteiger partial charge in [0.05, 0.1) is 9.79 Å². The van der Waals surface area contributed by atoms with Crippen molar-refractivity contribution < 1.29 is 8.42 Å². The zero-order chi connectivity index (χ0) is 11.3. The quantitative estimate of drug-likeness (QED) is 0.589. The van der Waals surface area contributed by atoms with Crippen LogP contribution in [-0.2, 0) is 9.84 Å². The van der Waals surface area contributed by atoms with Gasteiger partial charge in [0.2, 0.25) is 9.84 Å². The molecule has 2 nitrogen and oxygen atoms in total. The first-order valence-electron chi connectivity index (χ1n) is 4.75. The minimum Gasteiger partial charge on any atom is -0.218 e. The Morgan fingerprint density at radius 3 is 2.38 bits per heavy atom. The van der Waals surface area contributed by atoms with Gasteiger partial charge in [0.15, 0.2) is 0 Å². The van der Waals surface area contributed by atoms with E-state index in [-0.39, 0.29) is 0 Å². The van der Waals surface area contributed by atoms with Crippen molar-refractivity contribution in [3.8, 4) is 11.1 Å². The highest BCUT2D eigenvalue weighted by Crippen LogP contribution is 2.44. The molecular weight excluding hydrogens is 335 g/mol. The molecule has 0 unspecified atom stereocenters. The summed E-state index contributed by atoms with van der Waals surface area (Å²) in [6.45, 7) is 0. The van der Waals surface area contributed by atoms with Crippen LogP contribution in [0.1, 0.15) is 0 Å². The summed E-state index contributed by atoms with van der Waals surface area (Å²) in [5.41, 5.74) is 1.67. The summed E-state index contributed by atoms with van der Waals surface area (Å²) in [4.78, 5) is 0.856. The van der Waals surface area contributed by atoms with Gasteiger partial charge < -0.3 is 0 Å². The molecule has 1 aliphatic heterocycles. The number of benzene rings is 2. The van der Waals surface area contributed by atoms with Crippen LogP contribution in [0.15, 0.2) is 52.3 Å². The number of sulfone groups is 1. The van der Waals surface area contributed by atoms with Gasteiger partial charge in [-0.1, -0.05) is 24.3 Å². The van der Waals surface area contributed by atoms with E-state index in [0.29, 0.717) is 9.79 Å². The Labute approximate surface area is 107 Å². The Morgan fingerprint density at radius 1 is 0.875 bits per heavy atom. The molecule has 0 saturated heterocycles. The minimum atomic E-state index is -3.29. The number of halogens is 1. The minimum absolute atomic E-state index is 0.425. The maximum Gasteiger partial charge on any atom is 0.207 e. The molecule has 2 aromatic carbocycles. The van der Waals surface area contributed by atoms with Crippen LogP contribution in [0.25, 0.3) is 11.1 Å². The fraction of sp³-hybridized carbons (Fsp3) is 0. The first kappa shape index (κ1) is 10.3. The van der Waals surface area contributed by atoms with E-state index in [4.69, 9.17) is 0 Å². The Morgan fingerprint density at radius 2 is 1.56 bits per heavy atom. The fourth-order valence-electron chi connectivity index (χ4n) is 2.02. The predicted molar refractivity (Wildman–Crippen MR) is 70.0 cm³/mol. The zero-order valence-corrected chi connectivity index (χ0v) is 11.1. The molecule has 16 heavy (non-hydrogen) atoms. The molecule has 0 fully saturated rings. The van der Waals surface area contributed by atoms with Gasteiger partial charge in [0.25, 0.3) is 0 Å². The van der Waals surface area contributed by atoms with E-state index in [1.54, 1.807) is 24.3 Å². The Bertz CT molecular complexity index is 690. The molecule has 1 heterocycles. The molecule has 0 bridgehead atoms. The van der Waals surface area contributed by atoms with Gasteiger partial charge in [-0.15, -0.1) is 0 Å². The average molecular weight is 342 g/mol. The van der Waals surface area contributed by atoms with Gasteiger partial charge in [-0.05, 0) is 40.8 Å². The van der Waals surface area contributed by atoms with Crippen LogP contribution < -0.4 is 0 Å². The van der Waals surface area contributed by atoms with Crippen molar-refractivity contribution in [1.29, 1.82) is 0 Å². The van der Waals surface area contributed by atoms with Crippen molar-refractivity contribution in [1.82, 2.24) is 0 Å². The molecule has 0 atom stereocenters.